The molecule has 0 radical (unpaired) electrons. The molecular formula is C29H36O8. The van der Waals surface area contributed by atoms with Crippen LogP contribution in [0.15, 0.2) is 59.9 Å². The number of hydrogen-bond donors (Lipinski definition) is 0. The van der Waals surface area contributed by atoms with Crippen molar-refractivity contribution in [2.24, 2.45) is 5.92 Å². The van der Waals surface area contributed by atoms with Crippen molar-refractivity contribution in [3.8, 4) is 0 Å². The van der Waals surface area contributed by atoms with Crippen molar-refractivity contribution >= 4 is 17.7 Å². The second-order valence-electron chi connectivity index (χ2n) is 11.2. The van der Waals surface area contributed by atoms with E-state index >= 15 is 0 Å². The highest BCUT2D eigenvalue weighted by molar-refractivity contribution is 6.03. The molecule has 0 N–H and O–H groups in total. The van der Waals surface area contributed by atoms with E-state index in [2.05, 4.69) is 0 Å². The summed E-state index contributed by atoms with van der Waals surface area (Å²) in [5, 5.41) is 0. The van der Waals surface area contributed by atoms with Crippen LogP contribution in [0.25, 0.3) is 0 Å². The van der Waals surface area contributed by atoms with Crippen LogP contribution in [-0.4, -0.2) is 53.0 Å². The van der Waals surface area contributed by atoms with Crippen molar-refractivity contribution in [1.29, 1.82) is 0 Å². The Morgan fingerprint density at radius 1 is 1.08 bits per heavy atom. The number of rotatable bonds is 4. The number of hydrogen-bond acceptors (Lipinski definition) is 8. The number of carbonyl (C=O) groups is 3. The highest BCUT2D eigenvalue weighted by Gasteiger charge is 2.67. The maximum absolute atomic E-state index is 13.5. The van der Waals surface area contributed by atoms with E-state index in [0.717, 1.165) is 6.42 Å². The van der Waals surface area contributed by atoms with Crippen LogP contribution in [0, 0.1) is 5.92 Å². The summed E-state index contributed by atoms with van der Waals surface area (Å²) < 4.78 is 29.8. The predicted octanol–water partition coefficient (Wildman–Crippen LogP) is 4.41. The van der Waals surface area contributed by atoms with Crippen molar-refractivity contribution < 1.29 is 38.1 Å². The van der Waals surface area contributed by atoms with Crippen LogP contribution in [-0.2, 0) is 38.1 Å². The lowest BCUT2D eigenvalue weighted by Gasteiger charge is -2.41. The lowest BCUT2D eigenvalue weighted by atomic mass is 9.68. The van der Waals surface area contributed by atoms with Crippen LogP contribution < -0.4 is 0 Å². The zero-order chi connectivity index (χ0) is 27.0. The second kappa shape index (κ2) is 10.1. The summed E-state index contributed by atoms with van der Waals surface area (Å²) in [5.41, 5.74) is -1.66. The number of cyclic esters (lactones) is 1. The summed E-state index contributed by atoms with van der Waals surface area (Å²) in [5.74, 6) is -2.57. The zero-order valence-corrected chi connectivity index (χ0v) is 22.3. The first-order valence-corrected chi connectivity index (χ1v) is 12.8. The Morgan fingerprint density at radius 2 is 1.81 bits per heavy atom. The molecular weight excluding hydrogens is 476 g/mol. The van der Waals surface area contributed by atoms with Gasteiger partial charge < -0.3 is 23.7 Å². The first-order chi connectivity index (χ1) is 17.3. The van der Waals surface area contributed by atoms with Gasteiger partial charge in [0, 0.05) is 6.08 Å². The van der Waals surface area contributed by atoms with E-state index in [1.54, 1.807) is 71.1 Å². The monoisotopic (exact) mass is 512 g/mol. The van der Waals surface area contributed by atoms with Gasteiger partial charge in [-0.3, -0.25) is 4.79 Å². The highest BCUT2D eigenvalue weighted by atomic mass is 16.8. The molecule has 8 heteroatoms. The quantitative estimate of drug-likeness (QED) is 0.310. The molecule has 8 nitrogen and oxygen atoms in total. The third-order valence-corrected chi connectivity index (χ3v) is 6.60. The Morgan fingerprint density at radius 3 is 2.54 bits per heavy atom. The van der Waals surface area contributed by atoms with Crippen molar-refractivity contribution in [2.75, 3.05) is 0 Å². The van der Waals surface area contributed by atoms with Crippen LogP contribution in [0.4, 0.5) is 0 Å². The first kappa shape index (κ1) is 27.1. The average molecular weight is 513 g/mol. The Hall–Kier alpha value is -2.97. The molecule has 0 unspecified atom stereocenters. The molecule has 0 bridgehead atoms. The molecule has 200 valence electrons. The molecule has 1 aliphatic carbocycles. The molecule has 1 spiro atoms. The zero-order valence-electron chi connectivity index (χ0n) is 22.3. The molecule has 3 aliphatic heterocycles. The fraction of sp³-hybridized carbons (Fsp3) is 0.552. The lowest BCUT2D eigenvalue weighted by Crippen LogP contribution is -2.59. The molecule has 0 saturated carbocycles. The summed E-state index contributed by atoms with van der Waals surface area (Å²) >= 11 is 0. The van der Waals surface area contributed by atoms with Gasteiger partial charge >= 0.3 is 11.9 Å². The minimum absolute atomic E-state index is 0.232. The van der Waals surface area contributed by atoms with Gasteiger partial charge in [-0.25, -0.2) is 9.59 Å². The molecule has 37 heavy (non-hydrogen) atoms. The molecule has 0 aromatic carbocycles. The van der Waals surface area contributed by atoms with Crippen LogP contribution in [0.2, 0.25) is 0 Å². The summed E-state index contributed by atoms with van der Waals surface area (Å²) in [7, 11) is 0. The van der Waals surface area contributed by atoms with Crippen molar-refractivity contribution in [3.63, 3.8) is 0 Å². The Kier molecular flexibility index (Phi) is 7.36. The standard InChI is InChI=1S/C29H36O8/c1-18-12-11-14-22-29(37-28(5,6)35-22)21(30)17-16-20-25(29)24(26(32)33-18)19(34-20)13-9-7-8-10-15-23(31)36-27(2,3)4/h7-10,13,15-18,20,22,25H,11-12,14H2,1-6H3/b8-7+,13-9+,15-10+/t18-,20-,22+,25+,29+/m0/s1. The van der Waals surface area contributed by atoms with E-state index in [0.29, 0.717) is 18.6 Å². The Labute approximate surface area is 218 Å². The minimum atomic E-state index is -1.38. The average Bonchev–Trinajstić information content (AvgIpc) is 3.27. The number of ether oxygens (including phenoxy) is 5. The maximum Gasteiger partial charge on any atom is 0.338 e. The molecule has 4 rings (SSSR count). The normalized spacial score (nSPS) is 33.6. The summed E-state index contributed by atoms with van der Waals surface area (Å²) in [6.45, 7) is 10.8. The molecule has 2 saturated heterocycles. The van der Waals surface area contributed by atoms with Gasteiger partial charge in [-0.05, 0) is 79.0 Å². The number of ketones is 1. The molecule has 0 amide bonds. The van der Waals surface area contributed by atoms with E-state index < -0.39 is 47.1 Å². The maximum atomic E-state index is 13.5. The number of carbonyl (C=O) groups excluding carboxylic acids is 3. The van der Waals surface area contributed by atoms with Crippen LogP contribution in [0.3, 0.4) is 0 Å². The van der Waals surface area contributed by atoms with E-state index in [-0.39, 0.29) is 17.5 Å². The number of esters is 2. The van der Waals surface area contributed by atoms with Crippen molar-refractivity contribution in [1.82, 2.24) is 0 Å². The van der Waals surface area contributed by atoms with Crippen LogP contribution >= 0.6 is 0 Å². The molecule has 4 aliphatic rings. The van der Waals surface area contributed by atoms with Gasteiger partial charge in [0.15, 0.2) is 17.2 Å². The van der Waals surface area contributed by atoms with Crippen molar-refractivity contribution in [3.05, 3.63) is 59.9 Å². The van der Waals surface area contributed by atoms with Gasteiger partial charge in [-0.2, -0.15) is 0 Å². The highest BCUT2D eigenvalue weighted by Crippen LogP contribution is 2.53. The smallest absolute Gasteiger partial charge is 0.338 e. The van der Waals surface area contributed by atoms with E-state index in [1.165, 1.54) is 12.2 Å². The minimum Gasteiger partial charge on any atom is -0.485 e. The molecule has 2 fully saturated rings. The largest absolute Gasteiger partial charge is 0.485 e. The fourth-order valence-electron chi connectivity index (χ4n) is 5.34. The first-order valence-electron chi connectivity index (χ1n) is 12.8. The van der Waals surface area contributed by atoms with Gasteiger partial charge in [0.2, 0.25) is 0 Å². The van der Waals surface area contributed by atoms with Crippen LogP contribution in [0.1, 0.15) is 60.8 Å². The molecule has 3 heterocycles. The Bertz CT molecular complexity index is 1100. The van der Waals surface area contributed by atoms with Gasteiger partial charge in [0.05, 0.1) is 23.7 Å². The van der Waals surface area contributed by atoms with Crippen molar-refractivity contribution in [2.45, 2.75) is 96.1 Å². The van der Waals surface area contributed by atoms with Gasteiger partial charge in [-0.15, -0.1) is 0 Å². The van der Waals surface area contributed by atoms with E-state index in [9.17, 15) is 14.4 Å². The van der Waals surface area contributed by atoms with E-state index in [1.807, 2.05) is 6.92 Å². The topological polar surface area (TPSA) is 97.4 Å². The third-order valence-electron chi connectivity index (χ3n) is 6.60. The molecule has 5 atom stereocenters. The van der Waals surface area contributed by atoms with E-state index in [4.69, 9.17) is 23.7 Å². The molecule has 0 aromatic rings. The summed E-state index contributed by atoms with van der Waals surface area (Å²) in [6, 6.07) is 0. The Balaban J connectivity index is 1.66. The SMILES string of the molecule is C[C@H]1CCC[C@H]2OC(C)(C)O[C@]23C(=O)C=C[C@@H]2OC(/C=C/C=C/C=C/C(=O)OC(C)(C)C)=C(C(=O)O1)[C@@H]23. The van der Waals surface area contributed by atoms with Crippen LogP contribution in [0.5, 0.6) is 0 Å². The summed E-state index contributed by atoms with van der Waals surface area (Å²) in [6.07, 6.45) is 13.3. The fourth-order valence-corrected chi connectivity index (χ4v) is 5.34. The summed E-state index contributed by atoms with van der Waals surface area (Å²) in [4.78, 5) is 38.7. The number of allylic oxidation sites excluding steroid dienone is 5. The third kappa shape index (κ3) is 5.65. The lowest BCUT2D eigenvalue weighted by molar-refractivity contribution is -0.182. The van der Waals surface area contributed by atoms with Gasteiger partial charge in [-0.1, -0.05) is 24.3 Å². The predicted molar refractivity (Wildman–Crippen MR) is 135 cm³/mol. The second-order valence-corrected chi connectivity index (χ2v) is 11.2. The van der Waals surface area contributed by atoms with Gasteiger partial charge in [0.25, 0.3) is 0 Å². The molecule has 0 aromatic heterocycles. The van der Waals surface area contributed by atoms with Gasteiger partial charge in [0.1, 0.15) is 17.5 Å².